The second-order valence-corrected chi connectivity index (χ2v) is 5.87. The summed E-state index contributed by atoms with van der Waals surface area (Å²) in [5.41, 5.74) is 1.10. The molecular weight excluding hydrogens is 264 g/mol. The first-order valence-electron chi connectivity index (χ1n) is 7.90. The quantitative estimate of drug-likeness (QED) is 0.873. The topological polar surface area (TPSA) is 33.7 Å². The maximum absolute atomic E-state index is 5.56. The third-order valence-electron chi connectivity index (χ3n) is 4.33. The van der Waals surface area contributed by atoms with Gasteiger partial charge in [-0.25, -0.2) is 0 Å². The number of likely N-dealkylation sites (tertiary alicyclic amines) is 1. The Morgan fingerprint density at radius 2 is 2.00 bits per heavy atom. The summed E-state index contributed by atoms with van der Waals surface area (Å²) in [7, 11) is 3.88. The molecule has 1 aromatic carbocycles. The van der Waals surface area contributed by atoms with E-state index in [4.69, 9.17) is 9.47 Å². The van der Waals surface area contributed by atoms with Crippen molar-refractivity contribution in [1.29, 1.82) is 0 Å². The van der Waals surface area contributed by atoms with Gasteiger partial charge in [-0.15, -0.1) is 0 Å². The minimum absolute atomic E-state index is 0.473. The summed E-state index contributed by atoms with van der Waals surface area (Å²) in [5.74, 6) is 2.33. The van der Waals surface area contributed by atoms with Gasteiger partial charge in [0, 0.05) is 17.8 Å². The van der Waals surface area contributed by atoms with Gasteiger partial charge in [-0.3, -0.25) is 0 Å². The number of hydrogen-bond acceptors (Lipinski definition) is 4. The molecule has 1 unspecified atom stereocenters. The van der Waals surface area contributed by atoms with Gasteiger partial charge in [-0.2, -0.15) is 0 Å². The lowest BCUT2D eigenvalue weighted by Gasteiger charge is -2.33. The molecule has 4 nitrogen and oxygen atoms in total. The summed E-state index contributed by atoms with van der Waals surface area (Å²) in [5, 5.41) is 3.62. The van der Waals surface area contributed by atoms with Gasteiger partial charge in [0.15, 0.2) is 11.5 Å². The molecule has 1 fully saturated rings. The lowest BCUT2D eigenvalue weighted by Crippen LogP contribution is -2.37. The number of hydrogen-bond donors (Lipinski definition) is 1. The monoisotopic (exact) mass is 292 g/mol. The SMILES string of the molecule is CCOc1ccc(NC(C)C2CCN(C)CC2)cc1OC. The fraction of sp³-hybridized carbons (Fsp3) is 0.647. The normalized spacial score (nSPS) is 18.3. The maximum Gasteiger partial charge on any atom is 0.162 e. The second kappa shape index (κ2) is 7.55. The number of methoxy groups -OCH3 is 1. The second-order valence-electron chi connectivity index (χ2n) is 5.87. The van der Waals surface area contributed by atoms with Crippen molar-refractivity contribution in [2.75, 3.05) is 39.2 Å². The van der Waals surface area contributed by atoms with Crippen LogP contribution in [0.15, 0.2) is 18.2 Å². The summed E-state index contributed by atoms with van der Waals surface area (Å²) >= 11 is 0. The number of anilines is 1. The number of rotatable bonds is 6. The van der Waals surface area contributed by atoms with Crippen molar-refractivity contribution < 1.29 is 9.47 Å². The van der Waals surface area contributed by atoms with Gasteiger partial charge in [0.05, 0.1) is 13.7 Å². The van der Waals surface area contributed by atoms with Crippen LogP contribution >= 0.6 is 0 Å². The smallest absolute Gasteiger partial charge is 0.162 e. The van der Waals surface area contributed by atoms with Crippen LogP contribution in [0.4, 0.5) is 5.69 Å². The van der Waals surface area contributed by atoms with Gasteiger partial charge < -0.3 is 19.7 Å². The van der Waals surface area contributed by atoms with Crippen LogP contribution in [0.3, 0.4) is 0 Å². The third-order valence-corrected chi connectivity index (χ3v) is 4.33. The molecule has 1 saturated heterocycles. The van der Waals surface area contributed by atoms with Crippen LogP contribution in [0, 0.1) is 5.92 Å². The predicted octanol–water partition coefficient (Wildman–Crippen LogP) is 3.24. The van der Waals surface area contributed by atoms with Gasteiger partial charge in [0.2, 0.25) is 0 Å². The van der Waals surface area contributed by atoms with Gasteiger partial charge in [0.25, 0.3) is 0 Å². The number of nitrogens with one attached hydrogen (secondary N) is 1. The van der Waals surface area contributed by atoms with E-state index in [2.05, 4.69) is 30.3 Å². The van der Waals surface area contributed by atoms with Crippen LogP contribution < -0.4 is 14.8 Å². The van der Waals surface area contributed by atoms with Crippen molar-refractivity contribution in [1.82, 2.24) is 4.90 Å². The fourth-order valence-electron chi connectivity index (χ4n) is 2.94. The average Bonchev–Trinajstić information content (AvgIpc) is 2.49. The Morgan fingerprint density at radius 1 is 1.29 bits per heavy atom. The van der Waals surface area contributed by atoms with Crippen LogP contribution in [0.25, 0.3) is 0 Å². The Morgan fingerprint density at radius 3 is 2.62 bits per heavy atom. The van der Waals surface area contributed by atoms with Crippen LogP contribution in [0.2, 0.25) is 0 Å². The molecule has 0 aliphatic carbocycles. The predicted molar refractivity (Wildman–Crippen MR) is 87.5 cm³/mol. The van der Waals surface area contributed by atoms with Gasteiger partial charge in [-0.05, 0) is 64.9 Å². The number of piperidine rings is 1. The highest BCUT2D eigenvalue weighted by Crippen LogP contribution is 2.31. The van der Waals surface area contributed by atoms with Crippen LogP contribution in [0.5, 0.6) is 11.5 Å². The van der Waals surface area contributed by atoms with Crippen LogP contribution in [-0.4, -0.2) is 44.8 Å². The lowest BCUT2D eigenvalue weighted by molar-refractivity contribution is 0.208. The van der Waals surface area contributed by atoms with Crippen molar-refractivity contribution in [2.45, 2.75) is 32.7 Å². The molecule has 1 N–H and O–H groups in total. The maximum atomic E-state index is 5.56. The molecule has 0 aromatic heterocycles. The Bertz CT molecular complexity index is 442. The van der Waals surface area contributed by atoms with Crippen molar-refractivity contribution in [3.8, 4) is 11.5 Å². The molecule has 0 radical (unpaired) electrons. The molecule has 0 saturated carbocycles. The van der Waals surface area contributed by atoms with E-state index < -0.39 is 0 Å². The van der Waals surface area contributed by atoms with E-state index in [9.17, 15) is 0 Å². The van der Waals surface area contributed by atoms with Crippen LogP contribution in [0.1, 0.15) is 26.7 Å². The fourth-order valence-corrected chi connectivity index (χ4v) is 2.94. The number of benzene rings is 1. The first-order valence-corrected chi connectivity index (χ1v) is 7.90. The molecular formula is C17H28N2O2. The van der Waals surface area contributed by atoms with E-state index in [1.54, 1.807) is 7.11 Å². The van der Waals surface area contributed by atoms with Crippen LogP contribution in [-0.2, 0) is 0 Å². The van der Waals surface area contributed by atoms with E-state index in [1.807, 2.05) is 19.1 Å². The summed E-state index contributed by atoms with van der Waals surface area (Å²) in [6.45, 7) is 7.30. The molecule has 1 aromatic rings. The van der Waals surface area contributed by atoms with Crippen molar-refractivity contribution in [3.05, 3.63) is 18.2 Å². The summed E-state index contributed by atoms with van der Waals surface area (Å²) in [6, 6.07) is 6.54. The Hall–Kier alpha value is -1.42. The summed E-state index contributed by atoms with van der Waals surface area (Å²) < 4.78 is 11.0. The Kier molecular flexibility index (Phi) is 5.74. The highest BCUT2D eigenvalue weighted by Gasteiger charge is 2.22. The Balaban J connectivity index is 1.98. The molecule has 1 aliphatic heterocycles. The third kappa shape index (κ3) is 4.27. The molecule has 0 spiro atoms. The molecule has 2 rings (SSSR count). The Labute approximate surface area is 128 Å². The first-order chi connectivity index (χ1) is 10.1. The van der Waals surface area contributed by atoms with Crippen molar-refractivity contribution >= 4 is 5.69 Å². The van der Waals surface area contributed by atoms with Gasteiger partial charge in [0.1, 0.15) is 0 Å². The lowest BCUT2D eigenvalue weighted by atomic mass is 9.90. The van der Waals surface area contributed by atoms with E-state index >= 15 is 0 Å². The molecule has 1 atom stereocenters. The summed E-state index contributed by atoms with van der Waals surface area (Å²) in [6.07, 6.45) is 2.53. The minimum Gasteiger partial charge on any atom is -0.493 e. The standard InChI is InChI=1S/C17H28N2O2/c1-5-21-16-7-6-15(12-17(16)20-4)18-13(2)14-8-10-19(3)11-9-14/h6-7,12-14,18H,5,8-11H2,1-4H3. The van der Waals surface area contributed by atoms with E-state index in [1.165, 1.54) is 25.9 Å². The minimum atomic E-state index is 0.473. The number of nitrogens with zero attached hydrogens (tertiary/aromatic N) is 1. The zero-order valence-electron chi connectivity index (χ0n) is 13.7. The number of ether oxygens (including phenoxy) is 2. The highest BCUT2D eigenvalue weighted by molar-refractivity contribution is 5.55. The van der Waals surface area contributed by atoms with Crippen molar-refractivity contribution in [3.63, 3.8) is 0 Å². The highest BCUT2D eigenvalue weighted by atomic mass is 16.5. The zero-order valence-corrected chi connectivity index (χ0v) is 13.7. The van der Waals surface area contributed by atoms with E-state index in [0.717, 1.165) is 23.1 Å². The van der Waals surface area contributed by atoms with E-state index in [-0.39, 0.29) is 0 Å². The van der Waals surface area contributed by atoms with Gasteiger partial charge in [-0.1, -0.05) is 0 Å². The van der Waals surface area contributed by atoms with Gasteiger partial charge >= 0.3 is 0 Å². The molecule has 0 bridgehead atoms. The molecule has 1 aliphatic rings. The molecule has 1 heterocycles. The molecule has 4 heteroatoms. The first kappa shape index (κ1) is 16.0. The molecule has 21 heavy (non-hydrogen) atoms. The summed E-state index contributed by atoms with van der Waals surface area (Å²) in [4.78, 5) is 2.41. The average molecular weight is 292 g/mol. The molecule has 0 amide bonds. The molecule has 118 valence electrons. The zero-order chi connectivity index (χ0) is 15.2. The largest absolute Gasteiger partial charge is 0.493 e. The van der Waals surface area contributed by atoms with E-state index in [0.29, 0.717) is 12.6 Å². The van der Waals surface area contributed by atoms with Crippen molar-refractivity contribution in [2.24, 2.45) is 5.92 Å².